The van der Waals surface area contributed by atoms with E-state index in [0.717, 1.165) is 53.0 Å². The van der Waals surface area contributed by atoms with Crippen LogP contribution in [-0.4, -0.2) is 19.8 Å². The van der Waals surface area contributed by atoms with Gasteiger partial charge in [0.15, 0.2) is 11.5 Å². The van der Waals surface area contributed by atoms with Gasteiger partial charge >= 0.3 is 0 Å². The van der Waals surface area contributed by atoms with E-state index in [0.29, 0.717) is 23.3 Å². The molecule has 1 N–H and O–H groups in total. The Labute approximate surface area is 174 Å². The van der Waals surface area contributed by atoms with Crippen LogP contribution < -0.4 is 14.8 Å². The zero-order valence-corrected chi connectivity index (χ0v) is 18.2. The lowest BCUT2D eigenvalue weighted by atomic mass is 10.1. The van der Waals surface area contributed by atoms with E-state index < -0.39 is 0 Å². The van der Waals surface area contributed by atoms with Crippen molar-refractivity contribution in [1.29, 1.82) is 0 Å². The summed E-state index contributed by atoms with van der Waals surface area (Å²) in [6.45, 7) is 6.87. The fourth-order valence-corrected chi connectivity index (χ4v) is 3.62. The van der Waals surface area contributed by atoms with Crippen molar-refractivity contribution in [1.82, 2.24) is 5.32 Å². The van der Waals surface area contributed by atoms with E-state index >= 15 is 0 Å². The van der Waals surface area contributed by atoms with E-state index in [4.69, 9.17) is 32.7 Å². The Kier molecular flexibility index (Phi) is 9.06. The fourth-order valence-electron chi connectivity index (χ4n) is 2.51. The van der Waals surface area contributed by atoms with Crippen LogP contribution in [0, 0.1) is 0 Å². The van der Waals surface area contributed by atoms with Crippen LogP contribution >= 0.6 is 39.1 Å². The third-order valence-corrected chi connectivity index (χ3v) is 4.91. The first-order valence-electron chi connectivity index (χ1n) is 8.77. The Bertz CT molecular complexity index is 725. The van der Waals surface area contributed by atoms with Crippen LogP contribution in [0.5, 0.6) is 11.5 Å². The minimum atomic E-state index is 0.598. The molecule has 6 heteroatoms. The smallest absolute Gasteiger partial charge is 0.175 e. The van der Waals surface area contributed by atoms with Crippen LogP contribution in [0.1, 0.15) is 31.4 Å². The highest BCUT2D eigenvalue weighted by Crippen LogP contribution is 2.37. The highest BCUT2D eigenvalue weighted by atomic mass is 79.9. The molecule has 0 amide bonds. The van der Waals surface area contributed by atoms with Crippen molar-refractivity contribution < 1.29 is 9.47 Å². The third kappa shape index (κ3) is 6.34. The molecule has 2 aromatic carbocycles. The van der Waals surface area contributed by atoms with Crippen molar-refractivity contribution >= 4 is 39.1 Å². The highest BCUT2D eigenvalue weighted by Gasteiger charge is 2.12. The minimum Gasteiger partial charge on any atom is -0.490 e. The van der Waals surface area contributed by atoms with E-state index in [2.05, 4.69) is 34.2 Å². The van der Waals surface area contributed by atoms with E-state index in [9.17, 15) is 0 Å². The first-order valence-corrected chi connectivity index (χ1v) is 10.3. The Balaban J connectivity index is 1.96. The lowest BCUT2D eigenvalue weighted by Crippen LogP contribution is -2.17. The molecule has 0 unspecified atom stereocenters. The molecule has 0 aromatic heterocycles. The van der Waals surface area contributed by atoms with Gasteiger partial charge in [0.2, 0.25) is 0 Å². The van der Waals surface area contributed by atoms with Crippen LogP contribution in [-0.2, 0) is 13.0 Å². The predicted molar refractivity (Wildman–Crippen MR) is 113 cm³/mol. The summed E-state index contributed by atoms with van der Waals surface area (Å²) in [4.78, 5) is 0. The number of halogens is 3. The van der Waals surface area contributed by atoms with Crippen molar-refractivity contribution in [3.8, 4) is 11.5 Å². The maximum atomic E-state index is 6.21. The summed E-state index contributed by atoms with van der Waals surface area (Å²) in [7, 11) is 0. The zero-order chi connectivity index (χ0) is 18.9. The molecule has 0 aliphatic heterocycles. The lowest BCUT2D eigenvalue weighted by molar-refractivity contribution is 0.275. The average Bonchev–Trinajstić information content (AvgIpc) is 2.60. The van der Waals surface area contributed by atoms with Crippen molar-refractivity contribution in [2.75, 3.05) is 19.8 Å². The summed E-state index contributed by atoms with van der Waals surface area (Å²) in [5, 5.41) is 4.81. The van der Waals surface area contributed by atoms with Crippen LogP contribution in [0.25, 0.3) is 0 Å². The molecule has 0 bridgehead atoms. The predicted octanol–water partition coefficient (Wildman–Crippen LogP) is 6.28. The summed E-state index contributed by atoms with van der Waals surface area (Å²) in [5.74, 6) is 1.54. The van der Waals surface area contributed by atoms with Gasteiger partial charge in [0.1, 0.15) is 0 Å². The molecule has 0 atom stereocenters. The van der Waals surface area contributed by atoms with E-state index in [1.807, 2.05) is 25.1 Å². The fraction of sp³-hybridized carbons (Fsp3) is 0.400. The Morgan fingerprint density at radius 1 is 1.08 bits per heavy atom. The summed E-state index contributed by atoms with van der Waals surface area (Å²) in [5.41, 5.74) is 2.22. The Hall–Kier alpha value is -0.940. The third-order valence-electron chi connectivity index (χ3n) is 3.74. The van der Waals surface area contributed by atoms with E-state index in [-0.39, 0.29) is 0 Å². The van der Waals surface area contributed by atoms with Gasteiger partial charge in [-0.25, -0.2) is 0 Å². The van der Waals surface area contributed by atoms with Gasteiger partial charge in [-0.1, -0.05) is 36.2 Å². The monoisotopic (exact) mass is 459 g/mol. The normalized spacial score (nSPS) is 10.8. The zero-order valence-electron chi connectivity index (χ0n) is 15.1. The van der Waals surface area contributed by atoms with Gasteiger partial charge in [0.05, 0.1) is 17.7 Å². The van der Waals surface area contributed by atoms with Crippen molar-refractivity contribution in [2.45, 2.75) is 33.2 Å². The van der Waals surface area contributed by atoms with Crippen LogP contribution in [0.4, 0.5) is 0 Å². The first-order chi connectivity index (χ1) is 12.5. The molecule has 0 spiro atoms. The number of benzene rings is 2. The van der Waals surface area contributed by atoms with Crippen LogP contribution in [0.15, 0.2) is 34.8 Å². The van der Waals surface area contributed by atoms with Gasteiger partial charge in [0.25, 0.3) is 0 Å². The van der Waals surface area contributed by atoms with Gasteiger partial charge < -0.3 is 14.8 Å². The molecular weight excluding hydrogens is 437 g/mol. The maximum Gasteiger partial charge on any atom is 0.175 e. The number of ether oxygens (including phenoxy) is 2. The Morgan fingerprint density at radius 2 is 1.88 bits per heavy atom. The minimum absolute atomic E-state index is 0.598. The number of hydrogen-bond donors (Lipinski definition) is 1. The van der Waals surface area contributed by atoms with Crippen molar-refractivity contribution in [3.05, 3.63) is 56.0 Å². The van der Waals surface area contributed by atoms with Crippen LogP contribution in [0.2, 0.25) is 10.0 Å². The highest BCUT2D eigenvalue weighted by molar-refractivity contribution is 9.10. The SMILES string of the molecule is CCCOc1c(Br)cc(CNCCc2ccc(Cl)cc2Cl)cc1OCC. The summed E-state index contributed by atoms with van der Waals surface area (Å²) in [6, 6.07) is 9.70. The summed E-state index contributed by atoms with van der Waals surface area (Å²) < 4.78 is 12.5. The average molecular weight is 461 g/mol. The first kappa shape index (κ1) is 21.4. The molecule has 0 radical (unpaired) electrons. The second-order valence-electron chi connectivity index (χ2n) is 5.85. The molecule has 0 fully saturated rings. The molecule has 2 aromatic rings. The molecule has 0 saturated carbocycles. The van der Waals surface area contributed by atoms with Crippen molar-refractivity contribution in [3.63, 3.8) is 0 Å². The van der Waals surface area contributed by atoms with Crippen LogP contribution in [0.3, 0.4) is 0 Å². The molecule has 2 rings (SSSR count). The maximum absolute atomic E-state index is 6.21. The van der Waals surface area contributed by atoms with Gasteiger partial charge in [0, 0.05) is 16.6 Å². The second kappa shape index (κ2) is 11.0. The van der Waals surface area contributed by atoms with Gasteiger partial charge in [-0.3, -0.25) is 0 Å². The van der Waals surface area contributed by atoms with Gasteiger partial charge in [-0.2, -0.15) is 0 Å². The number of nitrogens with one attached hydrogen (secondary N) is 1. The van der Waals surface area contributed by atoms with Gasteiger partial charge in [-0.15, -0.1) is 0 Å². The molecule has 142 valence electrons. The molecule has 3 nitrogen and oxygen atoms in total. The second-order valence-corrected chi connectivity index (χ2v) is 7.55. The molecular formula is C20H24BrCl2NO2. The largest absolute Gasteiger partial charge is 0.490 e. The summed E-state index contributed by atoms with van der Waals surface area (Å²) >= 11 is 15.7. The summed E-state index contributed by atoms with van der Waals surface area (Å²) in [6.07, 6.45) is 1.79. The van der Waals surface area contributed by atoms with E-state index in [1.165, 1.54) is 0 Å². The molecule has 0 aliphatic rings. The topological polar surface area (TPSA) is 30.5 Å². The standard InChI is InChI=1S/C20H24BrCl2NO2/c1-3-9-26-20-17(21)10-14(11-19(20)25-4-2)13-24-8-7-15-5-6-16(22)12-18(15)23/h5-6,10-12,24H,3-4,7-9,13H2,1-2H3. The molecule has 0 aliphatic carbocycles. The molecule has 0 saturated heterocycles. The number of rotatable bonds is 10. The molecule has 0 heterocycles. The number of hydrogen-bond acceptors (Lipinski definition) is 3. The Morgan fingerprint density at radius 3 is 2.58 bits per heavy atom. The van der Waals surface area contributed by atoms with Crippen molar-refractivity contribution in [2.24, 2.45) is 0 Å². The van der Waals surface area contributed by atoms with E-state index in [1.54, 1.807) is 6.07 Å². The van der Waals surface area contributed by atoms with Gasteiger partial charge in [-0.05, 0) is 77.6 Å². The quantitative estimate of drug-likeness (QED) is 0.423. The molecule has 26 heavy (non-hydrogen) atoms. The lowest BCUT2D eigenvalue weighted by Gasteiger charge is -2.15.